The van der Waals surface area contributed by atoms with Gasteiger partial charge >= 0.3 is 0 Å². The van der Waals surface area contributed by atoms with Gasteiger partial charge in [0.1, 0.15) is 16.9 Å². The minimum Gasteiger partial charge on any atom is -0.360 e. The quantitative estimate of drug-likeness (QED) is 0.427. The van der Waals surface area contributed by atoms with Crippen molar-refractivity contribution < 1.29 is 17.7 Å². The maximum absolute atomic E-state index is 12.5. The lowest BCUT2D eigenvalue weighted by molar-refractivity contribution is -0.115. The first kappa shape index (κ1) is 24.8. The number of fused-ring (bicyclic) bond motifs is 1. The van der Waals surface area contributed by atoms with Crippen LogP contribution in [0.3, 0.4) is 0 Å². The number of sulfonamides is 1. The van der Waals surface area contributed by atoms with Gasteiger partial charge in [0.25, 0.3) is 10.0 Å². The van der Waals surface area contributed by atoms with E-state index in [1.165, 1.54) is 42.1 Å². The number of thioether (sulfide) groups is 1. The molecule has 0 saturated carbocycles. The zero-order valence-corrected chi connectivity index (χ0v) is 21.0. The van der Waals surface area contributed by atoms with Gasteiger partial charge in [0.2, 0.25) is 5.91 Å². The number of nitriles is 1. The highest BCUT2D eigenvalue weighted by molar-refractivity contribution is 7.99. The molecule has 1 aliphatic carbocycles. The summed E-state index contributed by atoms with van der Waals surface area (Å²) in [5.41, 5.74) is 3.24. The number of aryl methyl sites for hydroxylation is 2. The molecule has 2 N–H and O–H groups in total. The number of aromatic nitrogens is 2. The molecule has 2 aromatic heterocycles. The van der Waals surface area contributed by atoms with Crippen LogP contribution in [0.15, 0.2) is 50.8 Å². The molecule has 1 unspecified atom stereocenters. The van der Waals surface area contributed by atoms with Gasteiger partial charge in [0.05, 0.1) is 10.5 Å². The molecule has 2 heterocycles. The van der Waals surface area contributed by atoms with Crippen LogP contribution in [0.4, 0.5) is 11.5 Å². The number of nitrogens with one attached hydrogen (secondary N) is 2. The van der Waals surface area contributed by atoms with Crippen molar-refractivity contribution in [1.82, 2.24) is 10.1 Å². The van der Waals surface area contributed by atoms with E-state index in [9.17, 15) is 18.5 Å². The Balaban J connectivity index is 1.31. The van der Waals surface area contributed by atoms with Crippen molar-refractivity contribution in [3.8, 4) is 6.07 Å². The smallest absolute Gasteiger partial charge is 0.263 e. The summed E-state index contributed by atoms with van der Waals surface area (Å²) in [5, 5.41) is 16.6. The Hall–Kier alpha value is -3.36. The fraction of sp³-hybridized carbons (Fsp3) is 0.333. The fourth-order valence-electron chi connectivity index (χ4n) is 3.81. The number of rotatable bonds is 8. The van der Waals surface area contributed by atoms with Gasteiger partial charge in [-0.1, -0.05) is 12.1 Å². The van der Waals surface area contributed by atoms with Gasteiger partial charge in [-0.15, -0.1) is 11.8 Å². The molecule has 0 spiro atoms. The molecule has 1 aromatic carbocycles. The van der Waals surface area contributed by atoms with E-state index in [2.05, 4.69) is 28.2 Å². The Morgan fingerprint density at radius 3 is 2.74 bits per heavy atom. The number of carbonyl (C=O) groups is 1. The summed E-state index contributed by atoms with van der Waals surface area (Å²) in [6.45, 7) is 3.87. The second-order valence-corrected chi connectivity index (χ2v) is 11.3. The minimum absolute atomic E-state index is 0.0311. The molecule has 0 bridgehead atoms. The maximum Gasteiger partial charge on any atom is 0.263 e. The van der Waals surface area contributed by atoms with Crippen LogP contribution < -0.4 is 10.0 Å². The Kier molecular flexibility index (Phi) is 7.42. The predicted molar refractivity (Wildman–Crippen MR) is 133 cm³/mol. The van der Waals surface area contributed by atoms with Crippen LogP contribution in [-0.4, -0.2) is 30.2 Å². The Bertz CT molecular complexity index is 1380. The van der Waals surface area contributed by atoms with Crippen LogP contribution in [0, 0.1) is 24.2 Å². The Morgan fingerprint density at radius 1 is 1.29 bits per heavy atom. The first-order valence-corrected chi connectivity index (χ1v) is 13.6. The van der Waals surface area contributed by atoms with Crippen molar-refractivity contribution in [3.05, 3.63) is 59.0 Å². The normalized spacial score (nSPS) is 15.2. The maximum atomic E-state index is 12.5. The third-order valence-corrected chi connectivity index (χ3v) is 7.97. The Labute approximate surface area is 208 Å². The predicted octanol–water partition coefficient (Wildman–Crippen LogP) is 4.30. The molecule has 9 nitrogen and oxygen atoms in total. The summed E-state index contributed by atoms with van der Waals surface area (Å²) in [6, 6.07) is 11.5. The summed E-state index contributed by atoms with van der Waals surface area (Å²) in [5.74, 6) is 1.44. The van der Waals surface area contributed by atoms with Crippen molar-refractivity contribution in [2.45, 2.75) is 49.5 Å². The number of hydrogen-bond acceptors (Lipinski definition) is 8. The van der Waals surface area contributed by atoms with Crippen LogP contribution in [0.1, 0.15) is 42.3 Å². The van der Waals surface area contributed by atoms with Crippen LogP contribution >= 0.6 is 11.8 Å². The summed E-state index contributed by atoms with van der Waals surface area (Å²) in [4.78, 5) is 17.1. The standard InChI is InChI=1S/C24H25N5O4S2/c1-15-3-8-21-17(11-15)13-18(14-25)24(27-21)34-10-9-23(30)26-19-4-6-20(7-5-19)35(31,32)29-22-12-16(2)33-28-22/h4-7,12-13,15H,3,8-11H2,1-2H3,(H,26,30)(H,28,29). The molecule has 3 aromatic rings. The van der Waals surface area contributed by atoms with Crippen LogP contribution in [0.25, 0.3) is 0 Å². The van der Waals surface area contributed by atoms with E-state index in [1.807, 2.05) is 6.07 Å². The highest BCUT2D eigenvalue weighted by Crippen LogP contribution is 2.29. The van der Waals surface area contributed by atoms with Gasteiger partial charge < -0.3 is 9.84 Å². The summed E-state index contributed by atoms with van der Waals surface area (Å²) < 4.78 is 32.1. The highest BCUT2D eigenvalue weighted by Gasteiger charge is 2.20. The van der Waals surface area contributed by atoms with Crippen molar-refractivity contribution in [2.75, 3.05) is 15.8 Å². The van der Waals surface area contributed by atoms with Gasteiger partial charge in [-0.2, -0.15) is 5.26 Å². The van der Waals surface area contributed by atoms with E-state index < -0.39 is 10.0 Å². The third-order valence-electron chi connectivity index (χ3n) is 5.60. The molecular formula is C24H25N5O4S2. The average Bonchev–Trinajstić information content (AvgIpc) is 3.22. The topological polar surface area (TPSA) is 138 Å². The third kappa shape index (κ3) is 6.21. The van der Waals surface area contributed by atoms with E-state index in [0.717, 1.165) is 30.5 Å². The molecule has 0 saturated heterocycles. The second-order valence-electron chi connectivity index (χ2n) is 8.51. The van der Waals surface area contributed by atoms with Crippen molar-refractivity contribution in [1.29, 1.82) is 5.26 Å². The average molecular weight is 512 g/mol. The zero-order chi connectivity index (χ0) is 25.0. The van der Waals surface area contributed by atoms with Crippen molar-refractivity contribution >= 4 is 39.2 Å². The van der Waals surface area contributed by atoms with Gasteiger partial charge in [0, 0.05) is 29.6 Å². The van der Waals surface area contributed by atoms with Crippen molar-refractivity contribution in [2.24, 2.45) is 5.92 Å². The van der Waals surface area contributed by atoms with Gasteiger partial charge in [-0.3, -0.25) is 9.52 Å². The number of amides is 1. The van der Waals surface area contributed by atoms with Gasteiger partial charge in [0.15, 0.2) is 5.82 Å². The molecule has 0 radical (unpaired) electrons. The SMILES string of the molecule is Cc1cc(NS(=O)(=O)c2ccc(NC(=O)CCSc3nc4c(cc3C#N)CC(C)CC4)cc2)no1. The molecule has 1 aliphatic rings. The first-order valence-electron chi connectivity index (χ1n) is 11.2. The number of carbonyl (C=O) groups excluding carboxylic acids is 1. The van der Waals surface area contributed by atoms with E-state index in [-0.39, 0.29) is 23.0 Å². The first-order chi connectivity index (χ1) is 16.7. The Morgan fingerprint density at radius 2 is 2.06 bits per heavy atom. The number of pyridine rings is 1. The molecule has 35 heavy (non-hydrogen) atoms. The molecule has 182 valence electrons. The van der Waals surface area contributed by atoms with Crippen LogP contribution in [-0.2, 0) is 27.7 Å². The lowest BCUT2D eigenvalue weighted by Gasteiger charge is -2.21. The number of anilines is 2. The van der Waals surface area contributed by atoms with E-state index >= 15 is 0 Å². The summed E-state index contributed by atoms with van der Waals surface area (Å²) in [6.07, 6.45) is 3.17. The number of hydrogen-bond donors (Lipinski definition) is 2. The van der Waals surface area contributed by atoms with E-state index in [0.29, 0.717) is 33.7 Å². The monoisotopic (exact) mass is 511 g/mol. The zero-order valence-electron chi connectivity index (χ0n) is 19.4. The second kappa shape index (κ2) is 10.5. The minimum atomic E-state index is -3.83. The highest BCUT2D eigenvalue weighted by atomic mass is 32.2. The molecule has 4 rings (SSSR count). The van der Waals surface area contributed by atoms with Gasteiger partial charge in [-0.25, -0.2) is 13.4 Å². The number of nitrogens with zero attached hydrogens (tertiary/aromatic N) is 3. The van der Waals surface area contributed by atoms with Crippen molar-refractivity contribution in [3.63, 3.8) is 0 Å². The lowest BCUT2D eigenvalue weighted by atomic mass is 9.87. The summed E-state index contributed by atoms with van der Waals surface area (Å²) >= 11 is 1.40. The molecule has 1 amide bonds. The van der Waals surface area contributed by atoms with Crippen LogP contribution in [0.2, 0.25) is 0 Å². The number of benzene rings is 1. The van der Waals surface area contributed by atoms with Crippen LogP contribution in [0.5, 0.6) is 0 Å². The molecule has 11 heteroatoms. The summed E-state index contributed by atoms with van der Waals surface area (Å²) in [7, 11) is -3.83. The lowest BCUT2D eigenvalue weighted by Crippen LogP contribution is -2.15. The fourth-order valence-corrected chi connectivity index (χ4v) is 5.71. The molecule has 0 fully saturated rings. The van der Waals surface area contributed by atoms with Gasteiger partial charge in [-0.05, 0) is 68.0 Å². The largest absolute Gasteiger partial charge is 0.360 e. The molecular weight excluding hydrogens is 486 g/mol. The van der Waals surface area contributed by atoms with E-state index in [4.69, 9.17) is 9.51 Å². The van der Waals surface area contributed by atoms with E-state index in [1.54, 1.807) is 6.92 Å². The molecule has 1 atom stereocenters. The molecule has 0 aliphatic heterocycles.